The zero-order chi connectivity index (χ0) is 14.0. The monoisotopic (exact) mass is 283 g/mol. The average Bonchev–Trinajstić information content (AvgIpc) is 2.53. The second-order valence-electron chi connectivity index (χ2n) is 5.29. The lowest BCUT2D eigenvalue weighted by Crippen LogP contribution is -2.25. The van der Waals surface area contributed by atoms with Crippen molar-refractivity contribution < 1.29 is 8.42 Å². The molecule has 0 spiro atoms. The maximum absolute atomic E-state index is 11.3. The zero-order valence-corrected chi connectivity index (χ0v) is 12.0. The third kappa shape index (κ3) is 3.39. The van der Waals surface area contributed by atoms with Crippen LogP contribution < -0.4 is 15.8 Å². The van der Waals surface area contributed by atoms with Gasteiger partial charge in [0.1, 0.15) is 0 Å². The van der Waals surface area contributed by atoms with Crippen LogP contribution in [0.1, 0.15) is 26.2 Å². The minimum atomic E-state index is -3.69. The lowest BCUT2D eigenvalue weighted by atomic mass is 10.0. The van der Waals surface area contributed by atoms with Crippen LogP contribution in [0.3, 0.4) is 0 Å². The summed E-state index contributed by atoms with van der Waals surface area (Å²) in [7, 11) is -3.69. The summed E-state index contributed by atoms with van der Waals surface area (Å²) in [4.78, 5) is 2.29. The number of benzene rings is 1. The van der Waals surface area contributed by atoms with E-state index in [-0.39, 0.29) is 4.90 Å². The first kappa shape index (κ1) is 14.1. The molecule has 1 fully saturated rings. The fraction of sp³-hybridized carbons (Fsp3) is 0.538. The van der Waals surface area contributed by atoms with Gasteiger partial charge in [0.05, 0.1) is 16.3 Å². The third-order valence-corrected chi connectivity index (χ3v) is 4.60. The summed E-state index contributed by atoms with van der Waals surface area (Å²) < 4.78 is 22.6. The van der Waals surface area contributed by atoms with Crippen molar-refractivity contribution in [1.82, 2.24) is 0 Å². The van der Waals surface area contributed by atoms with Crippen molar-refractivity contribution in [1.29, 1.82) is 0 Å². The fourth-order valence-corrected chi connectivity index (χ4v) is 3.05. The molecule has 1 aliphatic heterocycles. The van der Waals surface area contributed by atoms with Gasteiger partial charge in [-0.05, 0) is 43.4 Å². The number of nitrogens with two attached hydrogens (primary N) is 2. The Hall–Kier alpha value is -1.27. The van der Waals surface area contributed by atoms with Gasteiger partial charge in [-0.25, -0.2) is 13.6 Å². The molecule has 2 rings (SSSR count). The lowest BCUT2D eigenvalue weighted by Gasteiger charge is -2.24. The van der Waals surface area contributed by atoms with Gasteiger partial charge in [0, 0.05) is 13.1 Å². The molecule has 5 nitrogen and oxygen atoms in total. The highest BCUT2D eigenvalue weighted by molar-refractivity contribution is 7.89. The summed E-state index contributed by atoms with van der Waals surface area (Å²) in [6.45, 7) is 4.18. The van der Waals surface area contributed by atoms with Gasteiger partial charge in [0.15, 0.2) is 0 Å². The molecule has 1 aliphatic rings. The summed E-state index contributed by atoms with van der Waals surface area (Å²) in [6.07, 6.45) is 3.50. The zero-order valence-electron chi connectivity index (χ0n) is 11.2. The van der Waals surface area contributed by atoms with Crippen molar-refractivity contribution in [3.63, 3.8) is 0 Å². The molecule has 19 heavy (non-hydrogen) atoms. The quantitative estimate of drug-likeness (QED) is 0.806. The number of nitrogens with zero attached hydrogens (tertiary/aromatic N) is 1. The fourth-order valence-electron chi connectivity index (χ4n) is 2.50. The number of rotatable bonds is 2. The van der Waals surface area contributed by atoms with Crippen LogP contribution in [0.5, 0.6) is 0 Å². The maximum Gasteiger partial charge on any atom is 0.238 e. The van der Waals surface area contributed by atoms with Crippen LogP contribution in [0.15, 0.2) is 23.1 Å². The van der Waals surface area contributed by atoms with E-state index in [1.54, 1.807) is 6.07 Å². The summed E-state index contributed by atoms with van der Waals surface area (Å²) in [5.74, 6) is 0.731. The third-order valence-electron chi connectivity index (χ3n) is 3.68. The lowest BCUT2D eigenvalue weighted by molar-refractivity contribution is 0.521. The van der Waals surface area contributed by atoms with E-state index in [0.29, 0.717) is 5.69 Å². The molecular formula is C13H21N3O2S. The van der Waals surface area contributed by atoms with Crippen molar-refractivity contribution >= 4 is 21.4 Å². The number of primary sulfonamides is 1. The van der Waals surface area contributed by atoms with E-state index in [0.717, 1.165) is 37.5 Å². The number of hydrogen-bond acceptors (Lipinski definition) is 4. The first-order valence-electron chi connectivity index (χ1n) is 6.55. The number of hydrogen-bond donors (Lipinski definition) is 2. The molecule has 0 saturated carbocycles. The van der Waals surface area contributed by atoms with E-state index >= 15 is 0 Å². The van der Waals surface area contributed by atoms with Crippen molar-refractivity contribution in [3.05, 3.63) is 18.2 Å². The Kier molecular flexibility index (Phi) is 4.01. The summed E-state index contributed by atoms with van der Waals surface area (Å²) in [5.41, 5.74) is 7.35. The number of sulfonamides is 1. The van der Waals surface area contributed by atoms with Crippen LogP contribution in [0.25, 0.3) is 0 Å². The second kappa shape index (κ2) is 5.38. The highest BCUT2D eigenvalue weighted by atomic mass is 32.2. The Morgan fingerprint density at radius 2 is 2.00 bits per heavy atom. The molecule has 0 aliphatic carbocycles. The molecule has 1 aromatic carbocycles. The van der Waals surface area contributed by atoms with Gasteiger partial charge in [-0.3, -0.25) is 0 Å². The van der Waals surface area contributed by atoms with Gasteiger partial charge in [0.2, 0.25) is 10.0 Å². The van der Waals surface area contributed by atoms with Crippen LogP contribution in [0, 0.1) is 5.92 Å². The average molecular weight is 283 g/mol. The molecule has 1 heterocycles. The van der Waals surface area contributed by atoms with Crippen LogP contribution in [-0.4, -0.2) is 21.5 Å². The highest BCUT2D eigenvalue weighted by Gasteiger charge is 2.17. The summed E-state index contributed by atoms with van der Waals surface area (Å²) in [5, 5.41) is 5.10. The minimum absolute atomic E-state index is 0.0666. The molecule has 1 atom stereocenters. The Labute approximate surface area is 114 Å². The highest BCUT2D eigenvalue weighted by Crippen LogP contribution is 2.29. The van der Waals surface area contributed by atoms with Gasteiger partial charge in [-0.2, -0.15) is 0 Å². The molecule has 0 aromatic heterocycles. The van der Waals surface area contributed by atoms with Crippen LogP contribution in [0.2, 0.25) is 0 Å². The topological polar surface area (TPSA) is 89.4 Å². The van der Waals surface area contributed by atoms with E-state index < -0.39 is 10.0 Å². The van der Waals surface area contributed by atoms with E-state index in [9.17, 15) is 8.42 Å². The molecular weight excluding hydrogens is 262 g/mol. The first-order chi connectivity index (χ1) is 8.88. The molecule has 1 unspecified atom stereocenters. The van der Waals surface area contributed by atoms with Gasteiger partial charge >= 0.3 is 0 Å². The molecule has 0 radical (unpaired) electrons. The maximum atomic E-state index is 11.3. The summed E-state index contributed by atoms with van der Waals surface area (Å²) in [6, 6.07) is 4.72. The Bertz CT molecular complexity index is 557. The SMILES string of the molecule is CC1CCCN(c2ccc(S(N)(=O)=O)cc2N)CC1. The van der Waals surface area contributed by atoms with Crippen LogP contribution in [-0.2, 0) is 10.0 Å². The number of anilines is 2. The smallest absolute Gasteiger partial charge is 0.238 e. The van der Waals surface area contributed by atoms with Gasteiger partial charge < -0.3 is 10.6 Å². The van der Waals surface area contributed by atoms with Gasteiger partial charge in [-0.1, -0.05) is 6.92 Å². The molecule has 1 saturated heterocycles. The molecule has 1 aromatic rings. The van der Waals surface area contributed by atoms with Crippen molar-refractivity contribution in [2.75, 3.05) is 23.7 Å². The van der Waals surface area contributed by atoms with Crippen molar-refractivity contribution in [2.24, 2.45) is 11.1 Å². The first-order valence-corrected chi connectivity index (χ1v) is 8.10. The Morgan fingerprint density at radius 1 is 1.26 bits per heavy atom. The predicted molar refractivity (Wildman–Crippen MR) is 77.5 cm³/mol. The number of nitrogen functional groups attached to an aromatic ring is 1. The van der Waals surface area contributed by atoms with Gasteiger partial charge in [-0.15, -0.1) is 0 Å². The molecule has 0 amide bonds. The molecule has 106 valence electrons. The molecule has 4 N–H and O–H groups in total. The van der Waals surface area contributed by atoms with E-state index in [1.165, 1.54) is 18.6 Å². The van der Waals surface area contributed by atoms with Crippen molar-refractivity contribution in [3.8, 4) is 0 Å². The van der Waals surface area contributed by atoms with Crippen LogP contribution in [0.4, 0.5) is 11.4 Å². The van der Waals surface area contributed by atoms with Crippen LogP contribution >= 0.6 is 0 Å². The largest absolute Gasteiger partial charge is 0.397 e. The minimum Gasteiger partial charge on any atom is -0.397 e. The second-order valence-corrected chi connectivity index (χ2v) is 6.85. The molecule has 0 bridgehead atoms. The Morgan fingerprint density at radius 3 is 2.63 bits per heavy atom. The van der Waals surface area contributed by atoms with E-state index in [2.05, 4.69) is 11.8 Å². The van der Waals surface area contributed by atoms with E-state index in [1.807, 2.05) is 0 Å². The van der Waals surface area contributed by atoms with Gasteiger partial charge in [0.25, 0.3) is 0 Å². The predicted octanol–water partition coefficient (Wildman–Crippen LogP) is 1.54. The summed E-state index contributed by atoms with van der Waals surface area (Å²) >= 11 is 0. The normalized spacial score (nSPS) is 21.2. The standard InChI is InChI=1S/C13H21N3O2S/c1-10-3-2-7-16(8-6-10)13-5-4-11(9-12(13)14)19(15,17)18/h4-5,9-10H,2-3,6-8,14H2,1H3,(H2,15,17,18). The van der Waals surface area contributed by atoms with Crippen molar-refractivity contribution in [2.45, 2.75) is 31.1 Å². The van der Waals surface area contributed by atoms with E-state index in [4.69, 9.17) is 10.9 Å². The Balaban J connectivity index is 2.26. The molecule has 6 heteroatoms.